The first-order valence-electron chi connectivity index (χ1n) is 12.8. The van der Waals surface area contributed by atoms with Crippen LogP contribution < -0.4 is 15.5 Å². The Kier molecular flexibility index (Phi) is 4.19. The molecule has 0 radical (unpaired) electrons. The average Bonchev–Trinajstić information content (AvgIpc) is 3.40. The van der Waals surface area contributed by atoms with Gasteiger partial charge in [-0.2, -0.15) is 0 Å². The van der Waals surface area contributed by atoms with Gasteiger partial charge in [-0.05, 0) is 79.5 Å². The summed E-state index contributed by atoms with van der Waals surface area (Å²) in [6.45, 7) is 0.936. The number of quaternary nitrogens is 1. The van der Waals surface area contributed by atoms with Crippen LogP contribution in [0.2, 0.25) is 0 Å². The molecule has 7 fully saturated rings. The molecule has 1 aromatic heterocycles. The first-order chi connectivity index (χ1) is 15.1. The zero-order valence-corrected chi connectivity index (χ0v) is 18.4. The molecular formula is C23H36N7O+. The number of carbonyl (C=O) groups is 1. The molecule has 2 amide bonds. The summed E-state index contributed by atoms with van der Waals surface area (Å²) in [6.07, 6.45) is 15.0. The predicted molar refractivity (Wildman–Crippen MR) is 113 cm³/mol. The average molecular weight is 427 g/mol. The minimum atomic E-state index is 0.101. The van der Waals surface area contributed by atoms with E-state index >= 15 is 0 Å². The molecule has 2 aliphatic heterocycles. The number of rotatable bonds is 5. The molecule has 3 heterocycles. The van der Waals surface area contributed by atoms with E-state index in [-0.39, 0.29) is 11.6 Å². The van der Waals surface area contributed by atoms with Crippen molar-refractivity contribution in [2.24, 2.45) is 17.8 Å². The van der Waals surface area contributed by atoms with Crippen molar-refractivity contribution in [1.82, 2.24) is 30.8 Å². The maximum atomic E-state index is 13.0. The maximum absolute atomic E-state index is 13.0. The van der Waals surface area contributed by atoms with E-state index in [9.17, 15) is 4.79 Å². The monoisotopic (exact) mass is 426 g/mol. The topological polar surface area (TPSA) is 89.2 Å². The Labute approximate surface area is 183 Å². The molecule has 1 aromatic rings. The Bertz CT molecular complexity index is 815. The Morgan fingerprint density at radius 2 is 1.61 bits per heavy atom. The number of nitrogens with zero attached hydrogens (tertiary/aromatic N) is 4. The van der Waals surface area contributed by atoms with Crippen molar-refractivity contribution in [3.8, 4) is 0 Å². The molecule has 5 aliphatic carbocycles. The number of amides is 2. The second-order valence-electron chi connectivity index (χ2n) is 12.0. The van der Waals surface area contributed by atoms with E-state index in [2.05, 4.69) is 30.8 Å². The standard InChI is InChI=1S/C23H35N7O/c31-22(25-23-10-14-5-15(11-23)7-16(6-14)12-23)24-17-8-19-3-4-20(9-17)29(19)13-21-26-27-28-30(21)18-1-2-18/h14-20H,1-13H2,(H2,24,25,31)/p+1/t14?,15?,16?,17?,19-,20+,23?. The largest absolute Gasteiger partial charge is 0.335 e. The van der Waals surface area contributed by atoms with Gasteiger partial charge in [0.2, 0.25) is 5.82 Å². The van der Waals surface area contributed by atoms with Gasteiger partial charge in [-0.25, -0.2) is 9.48 Å². The fourth-order valence-electron chi connectivity index (χ4n) is 8.67. The van der Waals surface area contributed by atoms with Crippen LogP contribution in [0.15, 0.2) is 0 Å². The maximum Gasteiger partial charge on any atom is 0.315 e. The lowest BCUT2D eigenvalue weighted by molar-refractivity contribution is -0.955. The third kappa shape index (κ3) is 3.36. The summed E-state index contributed by atoms with van der Waals surface area (Å²) in [6, 6.07) is 2.19. The molecule has 3 N–H and O–H groups in total. The molecule has 2 unspecified atom stereocenters. The van der Waals surface area contributed by atoms with Gasteiger partial charge < -0.3 is 15.5 Å². The Hall–Kier alpha value is -1.70. The van der Waals surface area contributed by atoms with Gasteiger partial charge in [-0.1, -0.05) is 0 Å². The highest BCUT2D eigenvalue weighted by molar-refractivity contribution is 5.75. The molecule has 5 saturated carbocycles. The van der Waals surface area contributed by atoms with Crippen LogP contribution in [0.3, 0.4) is 0 Å². The van der Waals surface area contributed by atoms with Crippen molar-refractivity contribution in [2.45, 2.75) is 113 Å². The molecule has 4 atom stereocenters. The fraction of sp³-hybridized carbons (Fsp3) is 0.913. The first kappa shape index (κ1) is 18.8. The predicted octanol–water partition coefficient (Wildman–Crippen LogP) is 1.35. The zero-order valence-electron chi connectivity index (χ0n) is 18.4. The summed E-state index contributed by atoms with van der Waals surface area (Å²) in [5.41, 5.74) is 0.101. The number of hydrogen-bond donors (Lipinski definition) is 3. The minimum Gasteiger partial charge on any atom is -0.335 e. The third-order valence-corrected chi connectivity index (χ3v) is 9.62. The normalized spacial score (nSPS) is 45.1. The highest BCUT2D eigenvalue weighted by Crippen LogP contribution is 2.55. The number of piperidine rings is 1. The summed E-state index contributed by atoms with van der Waals surface area (Å²) >= 11 is 0. The van der Waals surface area contributed by atoms with Gasteiger partial charge in [0.25, 0.3) is 0 Å². The van der Waals surface area contributed by atoms with Gasteiger partial charge in [0.1, 0.15) is 6.54 Å². The van der Waals surface area contributed by atoms with Gasteiger partial charge in [-0.15, -0.1) is 5.10 Å². The molecule has 8 rings (SSSR count). The summed E-state index contributed by atoms with van der Waals surface area (Å²) in [5.74, 6) is 3.64. The Balaban J connectivity index is 0.973. The first-order valence-corrected chi connectivity index (χ1v) is 12.8. The van der Waals surface area contributed by atoms with Crippen LogP contribution in [0.4, 0.5) is 4.79 Å². The van der Waals surface area contributed by atoms with Crippen molar-refractivity contribution < 1.29 is 9.69 Å². The summed E-state index contributed by atoms with van der Waals surface area (Å²) in [4.78, 5) is 14.7. The van der Waals surface area contributed by atoms with Gasteiger partial charge in [0.05, 0.1) is 18.1 Å². The van der Waals surface area contributed by atoms with Crippen LogP contribution in [0.25, 0.3) is 0 Å². The molecule has 168 valence electrons. The number of tetrazole rings is 1. The second-order valence-corrected chi connectivity index (χ2v) is 12.0. The number of urea groups is 1. The smallest absolute Gasteiger partial charge is 0.315 e. The van der Waals surface area contributed by atoms with E-state index in [1.54, 1.807) is 4.90 Å². The molecule has 8 heteroatoms. The van der Waals surface area contributed by atoms with Crippen LogP contribution in [0.1, 0.15) is 88.9 Å². The number of carbonyl (C=O) groups excluding carboxylic acids is 1. The van der Waals surface area contributed by atoms with E-state index < -0.39 is 0 Å². The van der Waals surface area contributed by atoms with Gasteiger partial charge in [-0.3, -0.25) is 0 Å². The van der Waals surface area contributed by atoms with Crippen molar-refractivity contribution in [3.05, 3.63) is 5.82 Å². The number of fused-ring (bicyclic) bond motifs is 2. The molecule has 6 bridgehead atoms. The second kappa shape index (κ2) is 6.90. The van der Waals surface area contributed by atoms with Gasteiger partial charge in [0.15, 0.2) is 0 Å². The SMILES string of the molecule is O=C(NC1C[C@H]2CC[C@@H](C1)[NH+]2Cc1nnnn1C1CC1)NC12CC3CC(CC(C3)C1)C2. The van der Waals surface area contributed by atoms with E-state index in [0.717, 1.165) is 43.0 Å². The third-order valence-electron chi connectivity index (χ3n) is 9.62. The van der Waals surface area contributed by atoms with Crippen molar-refractivity contribution >= 4 is 6.03 Å². The quantitative estimate of drug-likeness (QED) is 0.663. The van der Waals surface area contributed by atoms with Crippen molar-refractivity contribution in [1.29, 1.82) is 0 Å². The molecule has 31 heavy (non-hydrogen) atoms. The van der Waals surface area contributed by atoms with Gasteiger partial charge >= 0.3 is 6.03 Å². The minimum absolute atomic E-state index is 0.101. The summed E-state index contributed by atoms with van der Waals surface area (Å²) in [5, 5.41) is 19.4. The zero-order chi connectivity index (χ0) is 20.6. The van der Waals surface area contributed by atoms with Crippen LogP contribution in [0.5, 0.6) is 0 Å². The molecule has 2 saturated heterocycles. The van der Waals surface area contributed by atoms with E-state index in [1.807, 2.05) is 0 Å². The summed E-state index contributed by atoms with van der Waals surface area (Å²) < 4.78 is 2.07. The Morgan fingerprint density at radius 1 is 0.968 bits per heavy atom. The fourth-order valence-corrected chi connectivity index (χ4v) is 8.67. The highest BCUT2D eigenvalue weighted by Gasteiger charge is 2.52. The van der Waals surface area contributed by atoms with Gasteiger partial charge in [0, 0.05) is 37.3 Å². The van der Waals surface area contributed by atoms with Crippen LogP contribution in [0, 0.1) is 17.8 Å². The van der Waals surface area contributed by atoms with Crippen LogP contribution in [-0.4, -0.2) is 49.9 Å². The molecular weight excluding hydrogens is 390 g/mol. The Morgan fingerprint density at radius 3 is 2.23 bits per heavy atom. The number of aromatic nitrogens is 4. The summed E-state index contributed by atoms with van der Waals surface area (Å²) in [7, 11) is 0. The van der Waals surface area contributed by atoms with Crippen LogP contribution in [-0.2, 0) is 6.54 Å². The lowest BCUT2D eigenvalue weighted by Crippen LogP contribution is -3.17. The molecule has 0 aromatic carbocycles. The van der Waals surface area contributed by atoms with Crippen molar-refractivity contribution in [2.75, 3.05) is 0 Å². The number of nitrogens with one attached hydrogen (secondary N) is 3. The van der Waals surface area contributed by atoms with E-state index in [0.29, 0.717) is 24.2 Å². The van der Waals surface area contributed by atoms with E-state index in [4.69, 9.17) is 0 Å². The number of hydrogen-bond acceptors (Lipinski definition) is 4. The molecule has 8 nitrogen and oxygen atoms in total. The highest BCUT2D eigenvalue weighted by atomic mass is 16.2. The molecule has 7 aliphatic rings. The molecule has 0 spiro atoms. The van der Waals surface area contributed by atoms with Crippen molar-refractivity contribution in [3.63, 3.8) is 0 Å². The lowest BCUT2D eigenvalue weighted by atomic mass is 9.53. The van der Waals surface area contributed by atoms with E-state index in [1.165, 1.54) is 64.2 Å². The lowest BCUT2D eigenvalue weighted by Gasteiger charge is -2.56. The van der Waals surface area contributed by atoms with Crippen LogP contribution >= 0.6 is 0 Å².